The van der Waals surface area contributed by atoms with Crippen LogP contribution in [0.5, 0.6) is 11.5 Å². The van der Waals surface area contributed by atoms with E-state index in [9.17, 15) is 4.79 Å². The number of carbonyl (C=O) groups excluding carboxylic acids is 1. The Labute approximate surface area is 191 Å². The van der Waals surface area contributed by atoms with Crippen LogP contribution in [0.2, 0.25) is 0 Å². The Hall–Kier alpha value is -2.89. The second-order valence-corrected chi connectivity index (χ2v) is 9.16. The Bertz CT molecular complexity index is 946. The van der Waals surface area contributed by atoms with E-state index in [1.807, 2.05) is 24.3 Å². The zero-order valence-corrected chi connectivity index (χ0v) is 19.6. The van der Waals surface area contributed by atoms with Crippen molar-refractivity contribution in [2.24, 2.45) is 11.8 Å². The molecule has 2 aliphatic rings. The number of amides is 1. The van der Waals surface area contributed by atoms with Gasteiger partial charge in [-0.25, -0.2) is 0 Å². The van der Waals surface area contributed by atoms with Gasteiger partial charge in [0.05, 0.1) is 31.9 Å². The molecule has 0 aromatic heterocycles. The van der Waals surface area contributed by atoms with Crippen molar-refractivity contribution in [2.75, 3.05) is 50.2 Å². The highest BCUT2D eigenvalue weighted by molar-refractivity contribution is 5.82. The van der Waals surface area contributed by atoms with E-state index in [1.165, 1.54) is 11.3 Å². The van der Waals surface area contributed by atoms with Gasteiger partial charge in [-0.15, -0.1) is 0 Å². The van der Waals surface area contributed by atoms with Gasteiger partial charge >= 0.3 is 0 Å². The summed E-state index contributed by atoms with van der Waals surface area (Å²) in [5.74, 6) is 2.36. The molecule has 2 aliphatic heterocycles. The number of nitrogens with zero attached hydrogens (tertiary/aromatic N) is 2. The molecule has 2 aromatic rings. The summed E-state index contributed by atoms with van der Waals surface area (Å²) in [4.78, 5) is 18.1. The van der Waals surface area contributed by atoms with Crippen molar-refractivity contribution < 1.29 is 14.3 Å². The fourth-order valence-corrected chi connectivity index (χ4v) is 4.93. The van der Waals surface area contributed by atoms with Gasteiger partial charge in [-0.05, 0) is 42.5 Å². The third kappa shape index (κ3) is 4.50. The fraction of sp³-hybridized carbons (Fsp3) is 0.500. The Balaban J connectivity index is 1.63. The molecule has 2 unspecified atom stereocenters. The third-order valence-corrected chi connectivity index (χ3v) is 6.71. The first-order valence-electron chi connectivity index (χ1n) is 11.6. The third-order valence-electron chi connectivity index (χ3n) is 6.71. The number of para-hydroxylation sites is 2. The lowest BCUT2D eigenvalue weighted by molar-refractivity contribution is -0.125. The maximum Gasteiger partial charge on any atom is 0.225 e. The van der Waals surface area contributed by atoms with Crippen molar-refractivity contribution in [1.29, 1.82) is 0 Å². The normalized spacial score (nSPS) is 19.9. The van der Waals surface area contributed by atoms with Crippen LogP contribution < -0.4 is 24.6 Å². The summed E-state index contributed by atoms with van der Waals surface area (Å²) in [7, 11) is 3.41. The molecule has 6 nitrogen and oxygen atoms in total. The maximum absolute atomic E-state index is 13.3. The van der Waals surface area contributed by atoms with E-state index in [0.29, 0.717) is 5.92 Å². The topological polar surface area (TPSA) is 54.0 Å². The van der Waals surface area contributed by atoms with Crippen LogP contribution in [0.3, 0.4) is 0 Å². The molecule has 2 atom stereocenters. The summed E-state index contributed by atoms with van der Waals surface area (Å²) >= 11 is 0. The minimum absolute atomic E-state index is 0.0901. The smallest absolute Gasteiger partial charge is 0.225 e. The summed E-state index contributed by atoms with van der Waals surface area (Å²) in [6.07, 6.45) is 1.74. The van der Waals surface area contributed by atoms with Crippen molar-refractivity contribution in [3.63, 3.8) is 0 Å². The van der Waals surface area contributed by atoms with Gasteiger partial charge in [-0.1, -0.05) is 32.0 Å². The number of anilines is 2. The predicted octanol–water partition coefficient (Wildman–Crippen LogP) is 3.73. The predicted molar refractivity (Wildman–Crippen MR) is 129 cm³/mol. The Morgan fingerprint density at radius 2 is 1.91 bits per heavy atom. The van der Waals surface area contributed by atoms with Gasteiger partial charge in [0.15, 0.2) is 0 Å². The minimum Gasteiger partial charge on any atom is -0.497 e. The van der Waals surface area contributed by atoms with E-state index in [-0.39, 0.29) is 17.9 Å². The number of rotatable bonds is 7. The molecule has 1 N–H and O–H groups in total. The molecular weight excluding hydrogens is 402 g/mol. The van der Waals surface area contributed by atoms with E-state index in [2.05, 4.69) is 47.2 Å². The van der Waals surface area contributed by atoms with Crippen molar-refractivity contribution in [3.8, 4) is 11.5 Å². The first-order chi connectivity index (χ1) is 15.5. The Kier molecular flexibility index (Phi) is 6.77. The van der Waals surface area contributed by atoms with Gasteiger partial charge < -0.3 is 24.6 Å². The average Bonchev–Trinajstić information content (AvgIpc) is 2.82. The highest BCUT2D eigenvalue weighted by Gasteiger charge is 2.42. The fourth-order valence-electron chi connectivity index (χ4n) is 4.93. The number of nitrogens with one attached hydrogen (secondary N) is 1. The molecule has 32 heavy (non-hydrogen) atoms. The zero-order chi connectivity index (χ0) is 22.7. The van der Waals surface area contributed by atoms with E-state index in [4.69, 9.17) is 9.47 Å². The van der Waals surface area contributed by atoms with Crippen LogP contribution in [0, 0.1) is 11.8 Å². The highest BCUT2D eigenvalue weighted by Crippen LogP contribution is 2.40. The molecule has 172 valence electrons. The van der Waals surface area contributed by atoms with Crippen LogP contribution in [0.15, 0.2) is 42.5 Å². The van der Waals surface area contributed by atoms with E-state index in [1.54, 1.807) is 14.2 Å². The Morgan fingerprint density at radius 1 is 1.09 bits per heavy atom. The lowest BCUT2D eigenvalue weighted by atomic mass is 9.83. The summed E-state index contributed by atoms with van der Waals surface area (Å²) in [5, 5.41) is 3.21. The number of benzene rings is 2. The number of fused-ring (bicyclic) bond motifs is 3. The molecule has 2 heterocycles. The number of hydrogen-bond acceptors (Lipinski definition) is 5. The monoisotopic (exact) mass is 437 g/mol. The van der Waals surface area contributed by atoms with Crippen molar-refractivity contribution in [2.45, 2.75) is 32.7 Å². The zero-order valence-electron chi connectivity index (χ0n) is 19.6. The van der Waals surface area contributed by atoms with Gasteiger partial charge in [0.2, 0.25) is 5.91 Å². The molecule has 1 amide bonds. The van der Waals surface area contributed by atoms with Gasteiger partial charge in [-0.3, -0.25) is 4.79 Å². The first-order valence-corrected chi connectivity index (χ1v) is 11.6. The molecule has 2 aromatic carbocycles. The van der Waals surface area contributed by atoms with Crippen LogP contribution in [-0.2, 0) is 11.2 Å². The Morgan fingerprint density at radius 3 is 2.66 bits per heavy atom. The minimum atomic E-state index is -0.0967. The summed E-state index contributed by atoms with van der Waals surface area (Å²) in [6.45, 7) is 7.59. The molecule has 0 aliphatic carbocycles. The molecule has 1 fully saturated rings. The maximum atomic E-state index is 13.3. The van der Waals surface area contributed by atoms with Crippen LogP contribution in [-0.4, -0.2) is 52.3 Å². The van der Waals surface area contributed by atoms with Gasteiger partial charge in [-0.2, -0.15) is 0 Å². The van der Waals surface area contributed by atoms with Crippen molar-refractivity contribution in [3.05, 3.63) is 48.0 Å². The van der Waals surface area contributed by atoms with E-state index < -0.39 is 0 Å². The molecular formula is C26H35N3O3. The largest absolute Gasteiger partial charge is 0.497 e. The SMILES string of the molecule is COc1ccc2c(c1)N1CCN(c3ccccc3OC)CC1C(C(=O)NCCC(C)C)C2. The number of piperazine rings is 1. The quantitative estimate of drug-likeness (QED) is 0.715. The lowest BCUT2D eigenvalue weighted by Gasteiger charge is -2.49. The van der Waals surface area contributed by atoms with Gasteiger partial charge in [0.1, 0.15) is 11.5 Å². The second-order valence-electron chi connectivity index (χ2n) is 9.16. The van der Waals surface area contributed by atoms with Crippen LogP contribution in [0.25, 0.3) is 0 Å². The van der Waals surface area contributed by atoms with E-state index in [0.717, 1.165) is 56.2 Å². The summed E-state index contributed by atoms with van der Waals surface area (Å²) < 4.78 is 11.1. The van der Waals surface area contributed by atoms with E-state index >= 15 is 0 Å². The van der Waals surface area contributed by atoms with Crippen molar-refractivity contribution in [1.82, 2.24) is 5.32 Å². The second kappa shape index (κ2) is 9.72. The number of ether oxygens (including phenoxy) is 2. The molecule has 0 bridgehead atoms. The van der Waals surface area contributed by atoms with Crippen LogP contribution in [0.4, 0.5) is 11.4 Å². The molecule has 0 spiro atoms. The molecule has 1 saturated heterocycles. The first kappa shape index (κ1) is 22.3. The number of methoxy groups -OCH3 is 2. The lowest BCUT2D eigenvalue weighted by Crippen LogP contribution is -2.61. The van der Waals surface area contributed by atoms with Crippen LogP contribution >= 0.6 is 0 Å². The molecule has 6 heteroatoms. The average molecular weight is 438 g/mol. The molecule has 4 rings (SSSR count). The van der Waals surface area contributed by atoms with Gasteiger partial charge in [0, 0.05) is 37.9 Å². The number of hydrogen-bond donors (Lipinski definition) is 1. The van der Waals surface area contributed by atoms with Crippen molar-refractivity contribution >= 4 is 17.3 Å². The standard InChI is InChI=1S/C26H35N3O3/c1-18(2)11-12-27-26(30)21-15-19-9-10-20(31-3)16-23(19)29-14-13-28(17-24(21)29)22-7-5-6-8-25(22)32-4/h5-10,16,18,21,24H,11-15,17H2,1-4H3,(H,27,30). The summed E-state index contributed by atoms with van der Waals surface area (Å²) in [5.41, 5.74) is 3.50. The van der Waals surface area contributed by atoms with Crippen LogP contribution in [0.1, 0.15) is 25.8 Å². The highest BCUT2D eigenvalue weighted by atomic mass is 16.5. The molecule has 0 radical (unpaired) electrons. The molecule has 0 saturated carbocycles. The van der Waals surface area contributed by atoms with Gasteiger partial charge in [0.25, 0.3) is 0 Å². The summed E-state index contributed by atoms with van der Waals surface area (Å²) in [6, 6.07) is 14.5. The number of carbonyl (C=O) groups is 1.